The molecule has 14 aromatic rings. The second kappa shape index (κ2) is 20.9. The van der Waals surface area contributed by atoms with Crippen LogP contribution in [0, 0.1) is 0 Å². The van der Waals surface area contributed by atoms with Gasteiger partial charge in [-0.3, -0.25) is 0 Å². The van der Waals surface area contributed by atoms with Crippen LogP contribution in [0.4, 0.5) is 17.1 Å². The average Bonchev–Trinajstić information content (AvgIpc) is 1.23. The van der Waals surface area contributed by atoms with E-state index in [9.17, 15) is 0 Å². The molecule has 1 fully saturated rings. The molecule has 1 saturated heterocycles. The van der Waals surface area contributed by atoms with E-state index in [1.54, 1.807) is 0 Å². The van der Waals surface area contributed by atoms with Gasteiger partial charge in [-0.1, -0.05) is 279 Å². The van der Waals surface area contributed by atoms with Gasteiger partial charge in [0.15, 0.2) is 0 Å². The lowest BCUT2D eigenvalue weighted by Gasteiger charge is -2.57. The Morgan fingerprint density at radius 1 is 0.202 bits per heavy atom. The molecule has 0 saturated carbocycles. The minimum Gasteiger partial charge on any atom is -0.416 e. The summed E-state index contributed by atoms with van der Waals surface area (Å²) in [6.45, 7) is -1.34. The predicted molar refractivity (Wildman–Crippen MR) is 364 cm³/mol. The van der Waals surface area contributed by atoms with E-state index in [0.29, 0.717) is 0 Å². The lowest BCUT2D eigenvalue weighted by Crippen LogP contribution is -2.87. The summed E-state index contributed by atoms with van der Waals surface area (Å²) < 4.78 is 8.46. The van der Waals surface area contributed by atoms with Crippen LogP contribution in [0.5, 0.6) is 0 Å². The molecule has 1 heterocycles. The average molecular weight is 1070 g/mol. The molecule has 1 aliphatic carbocycles. The van der Waals surface area contributed by atoms with Crippen LogP contribution < -0.4 is 41.0 Å². The predicted octanol–water partition coefficient (Wildman–Crippen LogP) is 15.8. The summed E-state index contributed by atoms with van der Waals surface area (Å²) in [7, 11) is 0. The third-order valence-electron chi connectivity index (χ3n) is 17.9. The molecule has 1 aliphatic heterocycles. The van der Waals surface area contributed by atoms with E-state index in [-0.39, 0.29) is 0 Å². The van der Waals surface area contributed by atoms with Crippen LogP contribution in [0.3, 0.4) is 0 Å². The summed E-state index contributed by atoms with van der Waals surface area (Å²) in [5.41, 5.74) is 14.5. The standard InChI is InChI=1S/C78H56B3N3/c1-7-31-55(32-8-1)73-61-43-19-25-49-67(61)76(68-50-26-20-44-62(68)73)79-82(58-37-13-4-14-38-58)80(77-69-51-27-21-45-63(69)74(56-33-9-2-10-34-56)64-46-22-28-52-70(64)77)84(60-41-17-6-18-42-60)81(83(79)59-39-15-5-16-40-59)78-71-53-29-23-47-65(71)75(57-35-11-3-12-36-57)66-48-24-30-54-72(66)78/h1-23,25-29,31-54H,24,30H2. The molecule has 6 heteroatoms. The zero-order chi connectivity index (χ0) is 55.5. The van der Waals surface area contributed by atoms with Crippen LogP contribution in [0.15, 0.2) is 303 Å². The van der Waals surface area contributed by atoms with Gasteiger partial charge >= 0.3 is 20.9 Å². The highest BCUT2D eigenvalue weighted by Gasteiger charge is 2.58. The molecule has 0 spiro atoms. The summed E-state index contributed by atoms with van der Waals surface area (Å²) in [6.07, 6.45) is 7.01. The molecule has 0 atom stereocenters. The van der Waals surface area contributed by atoms with Gasteiger partial charge in [-0.15, -0.1) is 0 Å². The van der Waals surface area contributed by atoms with Crippen LogP contribution in [0.2, 0.25) is 0 Å². The maximum atomic E-state index is 2.82. The molecular weight excluding hydrogens is 1010 g/mol. The van der Waals surface area contributed by atoms with Crippen LogP contribution >= 0.6 is 0 Å². The molecule has 392 valence electrons. The fourth-order valence-corrected chi connectivity index (χ4v) is 14.6. The maximum absolute atomic E-state index is 2.82. The first-order chi connectivity index (χ1) is 41.8. The molecular formula is C78H56B3N3. The highest BCUT2D eigenvalue weighted by Crippen LogP contribution is 2.43. The van der Waals surface area contributed by atoms with Gasteiger partial charge in [-0.25, -0.2) is 0 Å². The summed E-state index contributed by atoms with van der Waals surface area (Å²) in [5, 5.41) is 14.8. The number of rotatable bonds is 9. The molecule has 16 rings (SSSR count). The van der Waals surface area contributed by atoms with Crippen molar-refractivity contribution < 1.29 is 0 Å². The number of anilines is 3. The van der Waals surface area contributed by atoms with Gasteiger partial charge in [-0.05, 0) is 163 Å². The Morgan fingerprint density at radius 3 is 0.750 bits per heavy atom. The van der Waals surface area contributed by atoms with Gasteiger partial charge in [0.05, 0.1) is 0 Å². The Labute approximate surface area is 491 Å². The van der Waals surface area contributed by atoms with Crippen molar-refractivity contribution in [2.24, 2.45) is 0 Å². The van der Waals surface area contributed by atoms with Crippen molar-refractivity contribution in [3.05, 3.63) is 314 Å². The van der Waals surface area contributed by atoms with Crippen LogP contribution in [0.1, 0.15) is 12.8 Å². The Balaban J connectivity index is 1.15. The summed E-state index contributed by atoms with van der Waals surface area (Å²) in [6, 6.07) is 114. The normalized spacial score (nSPS) is 13.4. The first-order valence-corrected chi connectivity index (χ1v) is 29.6. The van der Waals surface area contributed by atoms with E-state index >= 15 is 0 Å². The van der Waals surface area contributed by atoms with Gasteiger partial charge in [-0.2, -0.15) is 0 Å². The largest absolute Gasteiger partial charge is 0.416 e. The fraction of sp³-hybridized carbons (Fsp3) is 0.0256. The van der Waals surface area contributed by atoms with Crippen molar-refractivity contribution in [1.29, 1.82) is 0 Å². The van der Waals surface area contributed by atoms with Crippen LogP contribution in [0.25, 0.3) is 99.4 Å². The Kier molecular flexibility index (Phi) is 12.3. The number of nitrogens with zero attached hydrogens (tertiary/aromatic N) is 3. The topological polar surface area (TPSA) is 9.72 Å². The quantitative estimate of drug-likeness (QED) is 0.105. The molecule has 0 aromatic heterocycles. The lowest BCUT2D eigenvalue weighted by atomic mass is 9.35. The SMILES string of the molecule is C1=c2c(B3N(c4ccccc4)B(c4c5ccccc5c(-c5ccccc5)c5ccccc45)N(c4ccccc4)B(c4c5ccccc5c(-c5ccccc5)c5ccccc45)N3c3ccccc3)c3ccccc3c(-c3ccccc3)c2=CCC1. The van der Waals surface area contributed by atoms with Gasteiger partial charge in [0.2, 0.25) is 0 Å². The smallest absolute Gasteiger partial charge is 0.390 e. The Hall–Kier alpha value is -10.3. The molecule has 0 N–H and O–H groups in total. The first kappa shape index (κ1) is 49.5. The molecule has 14 aromatic carbocycles. The minimum atomic E-state index is -0.452. The van der Waals surface area contributed by atoms with Crippen LogP contribution in [-0.2, 0) is 0 Å². The monoisotopic (exact) mass is 1070 g/mol. The number of benzene rings is 14. The zero-order valence-corrected chi connectivity index (χ0v) is 46.5. The van der Waals surface area contributed by atoms with Crippen molar-refractivity contribution in [1.82, 2.24) is 0 Å². The number of fused-ring (bicyclic) bond motifs is 6. The van der Waals surface area contributed by atoms with E-state index in [1.165, 1.54) is 114 Å². The molecule has 0 radical (unpaired) electrons. The van der Waals surface area contributed by atoms with E-state index in [1.807, 2.05) is 0 Å². The first-order valence-electron chi connectivity index (χ1n) is 29.6. The van der Waals surface area contributed by atoms with E-state index in [0.717, 1.165) is 29.9 Å². The van der Waals surface area contributed by atoms with Crippen molar-refractivity contribution >= 4 is 120 Å². The molecule has 0 unspecified atom stereocenters. The Bertz CT molecular complexity index is 4610. The highest BCUT2D eigenvalue weighted by atomic mass is 15.3. The summed E-state index contributed by atoms with van der Waals surface area (Å²) in [4.78, 5) is 0. The van der Waals surface area contributed by atoms with Gasteiger partial charge in [0.25, 0.3) is 0 Å². The van der Waals surface area contributed by atoms with E-state index < -0.39 is 20.9 Å². The second-order valence-electron chi connectivity index (χ2n) is 22.4. The zero-order valence-electron chi connectivity index (χ0n) is 46.5. The third kappa shape index (κ3) is 8.00. The van der Waals surface area contributed by atoms with Gasteiger partial charge in [0, 0.05) is 17.1 Å². The molecule has 0 amide bonds. The maximum Gasteiger partial charge on any atom is 0.390 e. The van der Waals surface area contributed by atoms with Crippen molar-refractivity contribution in [2.75, 3.05) is 14.2 Å². The van der Waals surface area contributed by atoms with E-state index in [2.05, 4.69) is 330 Å². The van der Waals surface area contributed by atoms with Crippen molar-refractivity contribution in [3.8, 4) is 33.4 Å². The minimum absolute atomic E-state index is 0.436. The highest BCUT2D eigenvalue weighted by molar-refractivity contribution is 7.16. The van der Waals surface area contributed by atoms with Crippen molar-refractivity contribution in [3.63, 3.8) is 0 Å². The Morgan fingerprint density at radius 2 is 0.429 bits per heavy atom. The van der Waals surface area contributed by atoms with E-state index in [4.69, 9.17) is 0 Å². The summed E-state index contributed by atoms with van der Waals surface area (Å²) >= 11 is 0. The van der Waals surface area contributed by atoms with Gasteiger partial charge in [0.1, 0.15) is 0 Å². The van der Waals surface area contributed by atoms with Gasteiger partial charge < -0.3 is 14.2 Å². The number of hydrogen-bond acceptors (Lipinski definition) is 3. The lowest BCUT2D eigenvalue weighted by molar-refractivity contribution is 1.12. The second-order valence-corrected chi connectivity index (χ2v) is 22.4. The number of para-hydroxylation sites is 3. The molecule has 3 nitrogen and oxygen atoms in total. The van der Waals surface area contributed by atoms with Crippen molar-refractivity contribution in [2.45, 2.75) is 12.8 Å². The molecule has 0 bridgehead atoms. The molecule has 2 aliphatic rings. The fourth-order valence-electron chi connectivity index (χ4n) is 14.6. The third-order valence-corrected chi connectivity index (χ3v) is 17.9. The summed E-state index contributed by atoms with van der Waals surface area (Å²) in [5.74, 6) is 0. The molecule has 84 heavy (non-hydrogen) atoms. The van der Waals surface area contributed by atoms with Crippen LogP contribution in [-0.4, -0.2) is 20.9 Å². The number of hydrogen-bond donors (Lipinski definition) is 0.